The number of nitrogens with one attached hydrogen (secondary N) is 2. The average Bonchev–Trinajstić information content (AvgIpc) is 2.67. The van der Waals surface area contributed by atoms with E-state index >= 15 is 0 Å². The molecule has 11 heavy (non-hydrogen) atoms. The van der Waals surface area contributed by atoms with E-state index in [2.05, 4.69) is 10.6 Å². The van der Waals surface area contributed by atoms with E-state index in [1.807, 2.05) is 0 Å². The molecule has 1 amide bonds. The fourth-order valence-electron chi connectivity index (χ4n) is 1.43. The van der Waals surface area contributed by atoms with Crippen LogP contribution in [-0.4, -0.2) is 25.0 Å². The van der Waals surface area contributed by atoms with Gasteiger partial charge in [0, 0.05) is 12.6 Å². The van der Waals surface area contributed by atoms with Crippen LogP contribution in [0.15, 0.2) is 0 Å². The van der Waals surface area contributed by atoms with Crippen molar-refractivity contribution in [3.8, 4) is 0 Å². The normalized spacial score (nSPS) is 30.4. The summed E-state index contributed by atoms with van der Waals surface area (Å²) in [7, 11) is 0. The van der Waals surface area contributed by atoms with Gasteiger partial charge in [0.05, 0.1) is 5.92 Å². The van der Waals surface area contributed by atoms with Crippen molar-refractivity contribution < 1.29 is 4.79 Å². The van der Waals surface area contributed by atoms with Crippen molar-refractivity contribution in [2.24, 2.45) is 5.92 Å². The van der Waals surface area contributed by atoms with Gasteiger partial charge in [-0.2, -0.15) is 0 Å². The zero-order valence-electron chi connectivity index (χ0n) is 6.60. The van der Waals surface area contributed by atoms with E-state index in [-0.39, 0.29) is 11.8 Å². The second-order valence-corrected chi connectivity index (χ2v) is 3.47. The van der Waals surface area contributed by atoms with Gasteiger partial charge in [-0.05, 0) is 25.8 Å². The maximum atomic E-state index is 11.3. The van der Waals surface area contributed by atoms with Gasteiger partial charge in [-0.3, -0.25) is 4.79 Å². The molecule has 1 atom stereocenters. The van der Waals surface area contributed by atoms with E-state index in [1.165, 1.54) is 12.8 Å². The van der Waals surface area contributed by atoms with Crippen molar-refractivity contribution in [2.75, 3.05) is 13.1 Å². The van der Waals surface area contributed by atoms with Crippen LogP contribution < -0.4 is 10.6 Å². The summed E-state index contributed by atoms with van der Waals surface area (Å²) in [5.74, 6) is 0.508. The summed E-state index contributed by atoms with van der Waals surface area (Å²) in [6.07, 6.45) is 3.39. The summed E-state index contributed by atoms with van der Waals surface area (Å²) in [5, 5.41) is 6.20. The van der Waals surface area contributed by atoms with Gasteiger partial charge in [-0.1, -0.05) is 0 Å². The molecule has 2 N–H and O–H groups in total. The standard InChI is InChI=1S/C8H14N2O/c11-8(10-7-1-2-7)6-3-4-9-5-6/h6-7,9H,1-5H2,(H,10,11). The lowest BCUT2D eigenvalue weighted by molar-refractivity contribution is -0.124. The number of rotatable bonds is 2. The van der Waals surface area contributed by atoms with Crippen LogP contribution in [0.1, 0.15) is 19.3 Å². The molecular formula is C8H14N2O. The molecule has 3 nitrogen and oxygen atoms in total. The minimum absolute atomic E-state index is 0.246. The second kappa shape index (κ2) is 2.81. The van der Waals surface area contributed by atoms with Gasteiger partial charge in [0.2, 0.25) is 5.91 Å². The van der Waals surface area contributed by atoms with Gasteiger partial charge < -0.3 is 10.6 Å². The third-order valence-electron chi connectivity index (χ3n) is 2.35. The Kier molecular flexibility index (Phi) is 1.82. The molecule has 1 heterocycles. The maximum Gasteiger partial charge on any atom is 0.224 e. The zero-order chi connectivity index (χ0) is 7.68. The maximum absolute atomic E-state index is 11.3. The van der Waals surface area contributed by atoms with Crippen LogP contribution >= 0.6 is 0 Å². The highest BCUT2D eigenvalue weighted by atomic mass is 16.2. The monoisotopic (exact) mass is 154 g/mol. The molecule has 1 saturated carbocycles. The highest BCUT2D eigenvalue weighted by molar-refractivity contribution is 5.79. The van der Waals surface area contributed by atoms with Gasteiger partial charge >= 0.3 is 0 Å². The van der Waals surface area contributed by atoms with Crippen LogP contribution in [0.5, 0.6) is 0 Å². The third kappa shape index (κ3) is 1.71. The zero-order valence-corrected chi connectivity index (χ0v) is 6.60. The summed E-state index contributed by atoms with van der Waals surface area (Å²) in [6.45, 7) is 1.88. The predicted molar refractivity (Wildman–Crippen MR) is 42.1 cm³/mol. The summed E-state index contributed by atoms with van der Waals surface area (Å²) in [5.41, 5.74) is 0. The minimum atomic E-state index is 0.246. The smallest absolute Gasteiger partial charge is 0.224 e. The lowest BCUT2D eigenvalue weighted by Gasteiger charge is -2.07. The van der Waals surface area contributed by atoms with Crippen molar-refractivity contribution in [1.82, 2.24) is 10.6 Å². The quantitative estimate of drug-likeness (QED) is 0.582. The lowest BCUT2D eigenvalue weighted by Crippen LogP contribution is -2.33. The van der Waals surface area contributed by atoms with E-state index in [9.17, 15) is 4.79 Å². The van der Waals surface area contributed by atoms with Gasteiger partial charge in [-0.15, -0.1) is 0 Å². The molecule has 0 aromatic heterocycles. The van der Waals surface area contributed by atoms with Crippen molar-refractivity contribution in [1.29, 1.82) is 0 Å². The summed E-state index contributed by atoms with van der Waals surface area (Å²) < 4.78 is 0. The van der Waals surface area contributed by atoms with Crippen LogP contribution in [0.4, 0.5) is 0 Å². The number of hydrogen-bond acceptors (Lipinski definition) is 2. The molecule has 3 heteroatoms. The average molecular weight is 154 g/mol. The molecule has 2 aliphatic rings. The Labute approximate surface area is 66.5 Å². The molecule has 2 fully saturated rings. The molecule has 1 saturated heterocycles. The van der Waals surface area contributed by atoms with Crippen LogP contribution in [0, 0.1) is 5.92 Å². The largest absolute Gasteiger partial charge is 0.353 e. The molecule has 0 radical (unpaired) electrons. The summed E-state index contributed by atoms with van der Waals surface area (Å²) in [6, 6.07) is 0.517. The van der Waals surface area contributed by atoms with E-state index < -0.39 is 0 Å². The first-order chi connectivity index (χ1) is 5.36. The molecule has 0 spiro atoms. The van der Waals surface area contributed by atoms with Gasteiger partial charge in [0.1, 0.15) is 0 Å². The molecule has 2 rings (SSSR count). The first kappa shape index (κ1) is 7.10. The van der Waals surface area contributed by atoms with E-state index in [0.29, 0.717) is 6.04 Å². The Morgan fingerprint density at radius 2 is 2.18 bits per heavy atom. The molecule has 1 aliphatic carbocycles. The van der Waals surface area contributed by atoms with Crippen molar-refractivity contribution >= 4 is 5.91 Å². The van der Waals surface area contributed by atoms with Crippen molar-refractivity contribution in [3.05, 3.63) is 0 Å². The fourth-order valence-corrected chi connectivity index (χ4v) is 1.43. The Bertz CT molecular complexity index is 159. The van der Waals surface area contributed by atoms with Crippen LogP contribution in [0.25, 0.3) is 0 Å². The molecular weight excluding hydrogens is 140 g/mol. The first-order valence-corrected chi connectivity index (χ1v) is 4.37. The van der Waals surface area contributed by atoms with E-state index in [0.717, 1.165) is 19.5 Å². The Morgan fingerprint density at radius 3 is 2.73 bits per heavy atom. The molecule has 0 aromatic rings. The summed E-state index contributed by atoms with van der Waals surface area (Å²) >= 11 is 0. The van der Waals surface area contributed by atoms with Crippen molar-refractivity contribution in [2.45, 2.75) is 25.3 Å². The second-order valence-electron chi connectivity index (χ2n) is 3.47. The third-order valence-corrected chi connectivity index (χ3v) is 2.35. The highest BCUT2D eigenvalue weighted by Gasteiger charge is 2.28. The van der Waals surface area contributed by atoms with Gasteiger partial charge in [0.25, 0.3) is 0 Å². The van der Waals surface area contributed by atoms with Crippen molar-refractivity contribution in [3.63, 3.8) is 0 Å². The molecule has 62 valence electrons. The Balaban J connectivity index is 1.77. The van der Waals surface area contributed by atoms with Gasteiger partial charge in [0.15, 0.2) is 0 Å². The summed E-state index contributed by atoms with van der Waals surface area (Å²) in [4.78, 5) is 11.3. The van der Waals surface area contributed by atoms with E-state index in [1.54, 1.807) is 0 Å². The Morgan fingerprint density at radius 1 is 1.36 bits per heavy atom. The molecule has 0 aromatic carbocycles. The molecule has 1 aliphatic heterocycles. The number of hydrogen-bond donors (Lipinski definition) is 2. The molecule has 1 unspecified atom stereocenters. The fraction of sp³-hybridized carbons (Fsp3) is 0.875. The number of amides is 1. The Hall–Kier alpha value is -0.570. The van der Waals surface area contributed by atoms with Crippen LogP contribution in [-0.2, 0) is 4.79 Å². The van der Waals surface area contributed by atoms with Crippen LogP contribution in [0.2, 0.25) is 0 Å². The van der Waals surface area contributed by atoms with Crippen LogP contribution in [0.3, 0.4) is 0 Å². The lowest BCUT2D eigenvalue weighted by atomic mass is 10.1. The van der Waals surface area contributed by atoms with E-state index in [4.69, 9.17) is 0 Å². The number of carbonyl (C=O) groups excluding carboxylic acids is 1. The predicted octanol–water partition coefficient (Wildman–Crippen LogP) is -0.126. The SMILES string of the molecule is O=C(NC1CC1)C1CCNC1. The molecule has 0 bridgehead atoms. The topological polar surface area (TPSA) is 41.1 Å². The number of carbonyl (C=O) groups is 1. The minimum Gasteiger partial charge on any atom is -0.353 e. The van der Waals surface area contributed by atoms with Gasteiger partial charge in [-0.25, -0.2) is 0 Å². The highest BCUT2D eigenvalue weighted by Crippen LogP contribution is 2.20. The first-order valence-electron chi connectivity index (χ1n) is 4.37.